The second kappa shape index (κ2) is 6.81. The smallest absolute Gasteiger partial charge is 0.335 e. The van der Waals surface area contributed by atoms with Gasteiger partial charge in [0.15, 0.2) is 5.43 Å². The molecule has 128 valence electrons. The molecule has 5 heteroatoms. The molecule has 0 fully saturated rings. The summed E-state index contributed by atoms with van der Waals surface area (Å²) in [7, 11) is 0. The Balaban J connectivity index is 2.10. The molecule has 0 amide bonds. The summed E-state index contributed by atoms with van der Waals surface area (Å²) in [6, 6.07) is 13.0. The molecule has 0 aliphatic heterocycles. The molecular weight excluding hydrogens is 320 g/mol. The van der Waals surface area contributed by atoms with Crippen LogP contribution >= 0.6 is 0 Å². The zero-order valence-electron chi connectivity index (χ0n) is 14.0. The molecule has 0 unspecified atom stereocenters. The van der Waals surface area contributed by atoms with Crippen molar-refractivity contribution in [3.05, 3.63) is 64.3 Å². The highest BCUT2D eigenvalue weighted by Crippen LogP contribution is 2.31. The summed E-state index contributed by atoms with van der Waals surface area (Å²) in [5.41, 5.74) is 0.779. The lowest BCUT2D eigenvalue weighted by atomic mass is 10.1. The van der Waals surface area contributed by atoms with Crippen molar-refractivity contribution in [2.75, 3.05) is 6.61 Å². The molecule has 25 heavy (non-hydrogen) atoms. The summed E-state index contributed by atoms with van der Waals surface area (Å²) in [6.07, 6.45) is 0. The number of rotatable bonds is 5. The van der Waals surface area contributed by atoms with Gasteiger partial charge < -0.3 is 14.3 Å². The first-order chi connectivity index (χ1) is 12.0. The Labute approximate surface area is 144 Å². The van der Waals surface area contributed by atoms with Crippen molar-refractivity contribution >= 4 is 16.9 Å². The van der Waals surface area contributed by atoms with Gasteiger partial charge in [0.1, 0.15) is 17.1 Å². The fourth-order valence-corrected chi connectivity index (χ4v) is 2.47. The molecule has 5 nitrogen and oxygen atoms in total. The van der Waals surface area contributed by atoms with E-state index in [1.54, 1.807) is 0 Å². The van der Waals surface area contributed by atoms with E-state index in [0.717, 1.165) is 0 Å². The number of carboxylic acids is 1. The quantitative estimate of drug-likeness (QED) is 0.755. The molecule has 3 rings (SSSR count). The van der Waals surface area contributed by atoms with Gasteiger partial charge in [-0.05, 0) is 36.2 Å². The molecule has 2 aromatic carbocycles. The fraction of sp³-hybridized carbons (Fsp3) is 0.200. The third kappa shape index (κ3) is 3.55. The van der Waals surface area contributed by atoms with Gasteiger partial charge >= 0.3 is 5.97 Å². The minimum absolute atomic E-state index is 0.0493. The van der Waals surface area contributed by atoms with Crippen molar-refractivity contribution in [2.45, 2.75) is 13.8 Å². The largest absolute Gasteiger partial charge is 0.493 e. The third-order valence-corrected chi connectivity index (χ3v) is 3.70. The van der Waals surface area contributed by atoms with Crippen molar-refractivity contribution in [1.29, 1.82) is 0 Å². The Morgan fingerprint density at radius 1 is 1.16 bits per heavy atom. The molecule has 0 aliphatic rings. The summed E-state index contributed by atoms with van der Waals surface area (Å²) < 4.78 is 11.7. The normalized spacial score (nSPS) is 11.0. The first-order valence-corrected chi connectivity index (χ1v) is 7.99. The molecule has 0 atom stereocenters. The van der Waals surface area contributed by atoms with E-state index in [-0.39, 0.29) is 16.4 Å². The van der Waals surface area contributed by atoms with Crippen LogP contribution in [-0.4, -0.2) is 17.7 Å². The van der Waals surface area contributed by atoms with Crippen LogP contribution in [0.25, 0.3) is 22.3 Å². The topological polar surface area (TPSA) is 76.7 Å². The lowest BCUT2D eigenvalue weighted by molar-refractivity contribution is 0.0697. The van der Waals surface area contributed by atoms with Crippen LogP contribution in [0.5, 0.6) is 5.75 Å². The van der Waals surface area contributed by atoms with Crippen LogP contribution in [-0.2, 0) is 0 Å². The predicted octanol–water partition coefficient (Wildman–Crippen LogP) is 4.19. The van der Waals surface area contributed by atoms with E-state index in [9.17, 15) is 9.59 Å². The summed E-state index contributed by atoms with van der Waals surface area (Å²) in [5.74, 6) is 0.310. The van der Waals surface area contributed by atoms with Gasteiger partial charge in [-0.2, -0.15) is 0 Å². The predicted molar refractivity (Wildman–Crippen MR) is 95.2 cm³/mol. The van der Waals surface area contributed by atoms with Gasteiger partial charge in [0.25, 0.3) is 0 Å². The Hall–Kier alpha value is -3.08. The number of carboxylic acid groups (broad SMARTS) is 1. The van der Waals surface area contributed by atoms with Crippen molar-refractivity contribution in [3.63, 3.8) is 0 Å². The number of benzene rings is 2. The number of carbonyl (C=O) groups is 1. The van der Waals surface area contributed by atoms with Crippen LogP contribution in [0.15, 0.2) is 57.7 Å². The number of para-hydroxylation sites is 1. The summed E-state index contributed by atoms with van der Waals surface area (Å²) in [6.45, 7) is 4.66. The van der Waals surface area contributed by atoms with E-state index in [1.807, 2.05) is 24.3 Å². The van der Waals surface area contributed by atoms with Crippen LogP contribution in [0, 0.1) is 5.92 Å². The molecule has 1 aromatic heterocycles. The highest BCUT2D eigenvalue weighted by atomic mass is 16.5. The second-order valence-corrected chi connectivity index (χ2v) is 6.19. The summed E-state index contributed by atoms with van der Waals surface area (Å²) in [5, 5.41) is 9.30. The molecule has 0 bridgehead atoms. The van der Waals surface area contributed by atoms with E-state index >= 15 is 0 Å². The van der Waals surface area contributed by atoms with Crippen molar-refractivity contribution in [3.8, 4) is 17.1 Å². The molecule has 1 N–H and O–H groups in total. The Morgan fingerprint density at radius 2 is 1.92 bits per heavy atom. The first-order valence-electron chi connectivity index (χ1n) is 7.99. The lowest BCUT2D eigenvalue weighted by Crippen LogP contribution is -2.06. The maximum Gasteiger partial charge on any atom is 0.335 e. The zero-order chi connectivity index (χ0) is 18.0. The highest BCUT2D eigenvalue weighted by Gasteiger charge is 2.13. The highest BCUT2D eigenvalue weighted by molar-refractivity contribution is 5.93. The van der Waals surface area contributed by atoms with Gasteiger partial charge in [0.05, 0.1) is 23.1 Å². The average Bonchev–Trinajstić information content (AvgIpc) is 2.59. The van der Waals surface area contributed by atoms with E-state index in [4.69, 9.17) is 14.3 Å². The number of hydrogen-bond donors (Lipinski definition) is 1. The van der Waals surface area contributed by atoms with Gasteiger partial charge in [0, 0.05) is 6.07 Å². The first kappa shape index (κ1) is 16.8. The van der Waals surface area contributed by atoms with E-state index in [2.05, 4.69) is 13.8 Å². The molecule has 1 heterocycles. The average molecular weight is 338 g/mol. The molecule has 0 saturated heterocycles. The van der Waals surface area contributed by atoms with Crippen LogP contribution in [0.4, 0.5) is 0 Å². The molecule has 0 saturated carbocycles. The van der Waals surface area contributed by atoms with Crippen molar-refractivity contribution in [1.82, 2.24) is 0 Å². The van der Waals surface area contributed by atoms with Gasteiger partial charge in [-0.15, -0.1) is 0 Å². The summed E-state index contributed by atoms with van der Waals surface area (Å²) in [4.78, 5) is 23.5. The Morgan fingerprint density at radius 3 is 2.64 bits per heavy atom. The summed E-state index contributed by atoms with van der Waals surface area (Å²) >= 11 is 0. The minimum Gasteiger partial charge on any atom is -0.493 e. The Bertz CT molecular complexity index is 985. The molecular formula is C20H18O5. The Kier molecular flexibility index (Phi) is 4.57. The number of fused-ring (bicyclic) bond motifs is 1. The standard InChI is InChI=1S/C20H18O5/c1-12(2)11-24-17-6-4-3-5-14(17)19-10-16(21)15-9-13(20(22)23)7-8-18(15)25-19/h3-10,12H,11H2,1-2H3,(H,22,23). The van der Waals surface area contributed by atoms with Crippen molar-refractivity contribution < 1.29 is 19.1 Å². The molecule has 0 spiro atoms. The van der Waals surface area contributed by atoms with Crippen LogP contribution < -0.4 is 10.2 Å². The van der Waals surface area contributed by atoms with Gasteiger partial charge in [-0.25, -0.2) is 4.79 Å². The van der Waals surface area contributed by atoms with Crippen molar-refractivity contribution in [2.24, 2.45) is 5.92 Å². The SMILES string of the molecule is CC(C)COc1ccccc1-c1cc(=O)c2cc(C(=O)O)ccc2o1. The maximum absolute atomic E-state index is 12.4. The van der Waals surface area contributed by atoms with E-state index < -0.39 is 5.97 Å². The number of hydrogen-bond acceptors (Lipinski definition) is 4. The van der Waals surface area contributed by atoms with Crippen LogP contribution in [0.1, 0.15) is 24.2 Å². The molecule has 0 radical (unpaired) electrons. The fourth-order valence-electron chi connectivity index (χ4n) is 2.47. The molecule has 0 aliphatic carbocycles. The monoisotopic (exact) mass is 338 g/mol. The van der Waals surface area contributed by atoms with E-state index in [0.29, 0.717) is 35.2 Å². The number of aromatic carboxylic acids is 1. The van der Waals surface area contributed by atoms with Crippen LogP contribution in [0.2, 0.25) is 0 Å². The zero-order valence-corrected chi connectivity index (χ0v) is 14.0. The van der Waals surface area contributed by atoms with E-state index in [1.165, 1.54) is 24.3 Å². The maximum atomic E-state index is 12.4. The second-order valence-electron chi connectivity index (χ2n) is 6.19. The number of ether oxygens (including phenoxy) is 1. The minimum atomic E-state index is -1.09. The molecule has 3 aromatic rings. The van der Waals surface area contributed by atoms with Gasteiger partial charge in [-0.1, -0.05) is 26.0 Å². The van der Waals surface area contributed by atoms with Gasteiger partial charge in [0.2, 0.25) is 0 Å². The van der Waals surface area contributed by atoms with Gasteiger partial charge in [-0.3, -0.25) is 4.79 Å². The van der Waals surface area contributed by atoms with Crippen LogP contribution in [0.3, 0.4) is 0 Å². The third-order valence-electron chi connectivity index (χ3n) is 3.70. The lowest BCUT2D eigenvalue weighted by Gasteiger charge is -2.13.